The van der Waals surface area contributed by atoms with Crippen molar-refractivity contribution in [3.8, 4) is 0 Å². The monoisotopic (exact) mass is 367 g/mol. The number of carbonyl (C=O) groups is 1. The second kappa shape index (κ2) is 7.64. The average Bonchev–Trinajstić information content (AvgIpc) is 3.29. The lowest BCUT2D eigenvalue weighted by Gasteiger charge is -2.35. The molecule has 1 saturated heterocycles. The molecule has 0 aliphatic carbocycles. The Hall–Kier alpha value is -2.11. The molecule has 0 unspecified atom stereocenters. The van der Waals surface area contributed by atoms with Crippen molar-refractivity contribution in [2.24, 2.45) is 0 Å². The van der Waals surface area contributed by atoms with Crippen molar-refractivity contribution < 1.29 is 4.79 Å². The molecule has 0 bridgehead atoms. The van der Waals surface area contributed by atoms with Gasteiger partial charge < -0.3 is 9.88 Å². The zero-order chi connectivity index (χ0) is 17.9. The van der Waals surface area contributed by atoms with Crippen LogP contribution in [0.4, 0.5) is 0 Å². The molecule has 0 atom stereocenters. The molecule has 1 amide bonds. The summed E-state index contributed by atoms with van der Waals surface area (Å²) in [5.74, 6) is 0.293. The average molecular weight is 368 g/mol. The van der Waals surface area contributed by atoms with Crippen molar-refractivity contribution in [3.63, 3.8) is 0 Å². The molecule has 1 aliphatic rings. The number of benzene rings is 1. The Bertz CT molecular complexity index is 876. The zero-order valence-corrected chi connectivity index (χ0v) is 16.0. The minimum absolute atomic E-state index is 0.293. The van der Waals surface area contributed by atoms with Gasteiger partial charge >= 0.3 is 0 Å². The molecule has 0 spiro atoms. The quantitative estimate of drug-likeness (QED) is 0.745. The van der Waals surface area contributed by atoms with Gasteiger partial charge in [-0.15, -0.1) is 11.3 Å². The van der Waals surface area contributed by atoms with E-state index in [9.17, 15) is 4.79 Å². The molecule has 26 heavy (non-hydrogen) atoms. The third kappa shape index (κ3) is 3.69. The van der Waals surface area contributed by atoms with Crippen LogP contribution in [0.1, 0.15) is 22.6 Å². The first-order chi connectivity index (χ1) is 12.7. The van der Waals surface area contributed by atoms with Crippen molar-refractivity contribution in [1.82, 2.24) is 14.8 Å². The first kappa shape index (κ1) is 17.3. The predicted octanol–water partition coefficient (Wildman–Crippen LogP) is 3.81. The van der Waals surface area contributed by atoms with Crippen molar-refractivity contribution in [3.05, 3.63) is 57.9 Å². The lowest BCUT2D eigenvalue weighted by molar-refractivity contribution is -0.132. The van der Waals surface area contributed by atoms with Crippen molar-refractivity contribution >= 4 is 28.1 Å². The van der Waals surface area contributed by atoms with E-state index in [4.69, 9.17) is 0 Å². The van der Waals surface area contributed by atoms with Crippen LogP contribution in [-0.4, -0.2) is 46.9 Å². The molecule has 3 heterocycles. The number of amides is 1. The summed E-state index contributed by atoms with van der Waals surface area (Å²) >= 11 is 1.73. The molecule has 0 radical (unpaired) electrons. The molecule has 2 aromatic heterocycles. The van der Waals surface area contributed by atoms with Crippen LogP contribution in [-0.2, 0) is 17.8 Å². The molecule has 1 aliphatic heterocycles. The van der Waals surface area contributed by atoms with E-state index in [-0.39, 0.29) is 0 Å². The van der Waals surface area contributed by atoms with Crippen LogP contribution in [0.15, 0.2) is 41.8 Å². The summed E-state index contributed by atoms with van der Waals surface area (Å²) in [5.41, 5.74) is 3.85. The van der Waals surface area contributed by atoms with Crippen LogP contribution >= 0.6 is 11.3 Å². The number of hydrogen-bond acceptors (Lipinski definition) is 3. The predicted molar refractivity (Wildman–Crippen MR) is 108 cm³/mol. The number of aromatic amines is 1. The van der Waals surface area contributed by atoms with E-state index in [0.29, 0.717) is 12.3 Å². The van der Waals surface area contributed by atoms with E-state index in [2.05, 4.69) is 58.6 Å². The van der Waals surface area contributed by atoms with Gasteiger partial charge in [-0.25, -0.2) is 0 Å². The van der Waals surface area contributed by atoms with Gasteiger partial charge in [0.2, 0.25) is 5.91 Å². The molecule has 1 fully saturated rings. The highest BCUT2D eigenvalue weighted by molar-refractivity contribution is 7.09. The SMILES string of the molecule is Cc1[nH]c2ccccc2c1CN1CCN(C(=O)CCc2cccs2)CC1. The lowest BCUT2D eigenvalue weighted by Crippen LogP contribution is -2.48. The number of piperazine rings is 1. The van der Waals surface area contributed by atoms with Gasteiger partial charge in [0.1, 0.15) is 0 Å². The molecule has 4 rings (SSSR count). The summed E-state index contributed by atoms with van der Waals surface area (Å²) in [6.07, 6.45) is 1.49. The van der Waals surface area contributed by atoms with E-state index in [1.807, 2.05) is 4.90 Å². The first-order valence-electron chi connectivity index (χ1n) is 9.29. The van der Waals surface area contributed by atoms with Gasteiger partial charge in [0.15, 0.2) is 0 Å². The summed E-state index contributed by atoms with van der Waals surface area (Å²) < 4.78 is 0. The number of hydrogen-bond donors (Lipinski definition) is 1. The Labute approximate surface area is 158 Å². The molecular weight excluding hydrogens is 342 g/mol. The smallest absolute Gasteiger partial charge is 0.223 e. The Kier molecular flexibility index (Phi) is 5.09. The minimum Gasteiger partial charge on any atom is -0.358 e. The van der Waals surface area contributed by atoms with Gasteiger partial charge in [-0.2, -0.15) is 0 Å². The number of thiophene rings is 1. The van der Waals surface area contributed by atoms with E-state index in [1.165, 1.54) is 27.0 Å². The Morgan fingerprint density at radius 1 is 1.12 bits per heavy atom. The third-order valence-electron chi connectivity index (χ3n) is 5.30. The Morgan fingerprint density at radius 2 is 1.92 bits per heavy atom. The van der Waals surface area contributed by atoms with Crippen molar-refractivity contribution in [2.75, 3.05) is 26.2 Å². The maximum absolute atomic E-state index is 12.5. The fourth-order valence-corrected chi connectivity index (χ4v) is 4.47. The van der Waals surface area contributed by atoms with Gasteiger partial charge in [0.25, 0.3) is 0 Å². The second-order valence-corrected chi connectivity index (χ2v) is 8.04. The summed E-state index contributed by atoms with van der Waals surface area (Å²) in [7, 11) is 0. The standard InChI is InChI=1S/C21H25N3OS/c1-16-19(18-6-2-3-7-20(18)22-16)15-23-10-12-24(13-11-23)21(25)9-8-17-5-4-14-26-17/h2-7,14,22H,8-13,15H2,1H3. The number of fused-ring (bicyclic) bond motifs is 1. The Balaban J connectivity index is 1.32. The zero-order valence-electron chi connectivity index (χ0n) is 15.2. The van der Waals surface area contributed by atoms with Crippen LogP contribution in [0.5, 0.6) is 0 Å². The summed E-state index contributed by atoms with van der Waals surface area (Å²) in [6, 6.07) is 12.7. The molecule has 1 N–H and O–H groups in total. The van der Waals surface area contributed by atoms with Gasteiger partial charge in [0, 0.05) is 60.6 Å². The van der Waals surface area contributed by atoms with Crippen molar-refractivity contribution in [1.29, 1.82) is 0 Å². The topological polar surface area (TPSA) is 39.3 Å². The van der Waals surface area contributed by atoms with Gasteiger partial charge in [-0.05, 0) is 36.4 Å². The fourth-order valence-electron chi connectivity index (χ4n) is 3.76. The number of para-hydroxylation sites is 1. The number of nitrogens with one attached hydrogen (secondary N) is 1. The molecule has 0 saturated carbocycles. The van der Waals surface area contributed by atoms with Gasteiger partial charge in [0.05, 0.1) is 0 Å². The van der Waals surface area contributed by atoms with E-state index in [1.54, 1.807) is 11.3 Å². The number of carbonyl (C=O) groups excluding carboxylic acids is 1. The van der Waals surface area contributed by atoms with E-state index >= 15 is 0 Å². The van der Waals surface area contributed by atoms with Crippen LogP contribution in [0.2, 0.25) is 0 Å². The summed E-state index contributed by atoms with van der Waals surface area (Å²) in [6.45, 7) is 6.68. The molecule has 3 aromatic rings. The fraction of sp³-hybridized carbons (Fsp3) is 0.381. The van der Waals surface area contributed by atoms with Gasteiger partial charge in [-0.3, -0.25) is 9.69 Å². The molecule has 136 valence electrons. The maximum atomic E-state index is 12.5. The van der Waals surface area contributed by atoms with Crippen LogP contribution in [0, 0.1) is 6.92 Å². The number of aromatic nitrogens is 1. The first-order valence-corrected chi connectivity index (χ1v) is 10.2. The lowest BCUT2D eigenvalue weighted by atomic mass is 10.1. The second-order valence-electron chi connectivity index (χ2n) is 7.01. The van der Waals surface area contributed by atoms with Crippen LogP contribution in [0.25, 0.3) is 10.9 Å². The number of aryl methyl sites for hydroxylation is 2. The molecular formula is C21H25N3OS. The number of H-pyrrole nitrogens is 1. The highest BCUT2D eigenvalue weighted by Gasteiger charge is 2.22. The summed E-state index contributed by atoms with van der Waals surface area (Å²) in [4.78, 5) is 21.7. The van der Waals surface area contributed by atoms with Crippen molar-refractivity contribution in [2.45, 2.75) is 26.3 Å². The van der Waals surface area contributed by atoms with E-state index < -0.39 is 0 Å². The Morgan fingerprint density at radius 3 is 2.69 bits per heavy atom. The largest absolute Gasteiger partial charge is 0.358 e. The van der Waals surface area contributed by atoms with Gasteiger partial charge in [-0.1, -0.05) is 24.3 Å². The minimum atomic E-state index is 0.293. The maximum Gasteiger partial charge on any atom is 0.223 e. The normalized spacial score (nSPS) is 15.7. The van der Waals surface area contributed by atoms with E-state index in [0.717, 1.165) is 39.1 Å². The van der Waals surface area contributed by atoms with Crippen LogP contribution in [0.3, 0.4) is 0 Å². The molecule has 4 nitrogen and oxygen atoms in total. The molecule has 1 aromatic carbocycles. The highest BCUT2D eigenvalue weighted by atomic mass is 32.1. The molecule has 5 heteroatoms. The summed E-state index contributed by atoms with van der Waals surface area (Å²) in [5, 5.41) is 3.39. The number of nitrogens with zero attached hydrogens (tertiary/aromatic N) is 2. The highest BCUT2D eigenvalue weighted by Crippen LogP contribution is 2.24. The van der Waals surface area contributed by atoms with Crippen LogP contribution < -0.4 is 0 Å². The third-order valence-corrected chi connectivity index (χ3v) is 6.24. The number of rotatable bonds is 5.